The number of rotatable bonds is 5. The van der Waals surface area contributed by atoms with Gasteiger partial charge in [0.1, 0.15) is 0 Å². The number of nitrogens with one attached hydrogen (secondary N) is 1. The first-order valence-electron chi connectivity index (χ1n) is 9.91. The lowest BCUT2D eigenvalue weighted by molar-refractivity contribution is -0.116. The van der Waals surface area contributed by atoms with E-state index in [-0.39, 0.29) is 24.1 Å². The molecule has 2 amide bonds. The molecule has 4 aromatic rings. The van der Waals surface area contributed by atoms with Crippen molar-refractivity contribution < 1.29 is 14.0 Å². The number of benzene rings is 2. The minimum absolute atomic E-state index is 0.0806. The second-order valence-corrected chi connectivity index (χ2v) is 8.66. The van der Waals surface area contributed by atoms with Gasteiger partial charge in [0.25, 0.3) is 5.91 Å². The van der Waals surface area contributed by atoms with Gasteiger partial charge in [0.2, 0.25) is 5.91 Å². The molecule has 31 heavy (non-hydrogen) atoms. The molecular formula is C24H23N3O3S. The number of carbonyl (C=O) groups excluding carboxylic acids is 2. The van der Waals surface area contributed by atoms with Gasteiger partial charge in [0, 0.05) is 12.7 Å². The van der Waals surface area contributed by atoms with Crippen molar-refractivity contribution in [1.82, 2.24) is 9.88 Å². The molecule has 0 radical (unpaired) electrons. The smallest absolute Gasteiger partial charge is 0.289 e. The van der Waals surface area contributed by atoms with Crippen molar-refractivity contribution in [3.8, 4) is 10.8 Å². The lowest BCUT2D eigenvalue weighted by Gasteiger charge is -2.17. The number of amides is 2. The van der Waals surface area contributed by atoms with Crippen LogP contribution in [0.5, 0.6) is 0 Å². The second kappa shape index (κ2) is 8.35. The topological polar surface area (TPSA) is 75.4 Å². The molecular weight excluding hydrogens is 410 g/mol. The molecule has 0 saturated heterocycles. The molecule has 2 aromatic heterocycles. The zero-order valence-electron chi connectivity index (χ0n) is 17.9. The molecule has 4 rings (SSSR count). The Morgan fingerprint density at radius 2 is 1.77 bits per heavy atom. The van der Waals surface area contributed by atoms with Crippen LogP contribution in [0.4, 0.5) is 5.69 Å². The molecule has 6 nitrogen and oxygen atoms in total. The van der Waals surface area contributed by atoms with Crippen LogP contribution in [0, 0.1) is 20.8 Å². The van der Waals surface area contributed by atoms with Crippen molar-refractivity contribution in [3.05, 3.63) is 71.0 Å². The van der Waals surface area contributed by atoms with Crippen LogP contribution in [0.1, 0.15) is 27.2 Å². The fraction of sp³-hybridized carbons (Fsp3) is 0.208. The molecule has 0 aliphatic heterocycles. The average Bonchev–Trinajstić information content (AvgIpc) is 3.36. The van der Waals surface area contributed by atoms with E-state index >= 15 is 0 Å². The lowest BCUT2D eigenvalue weighted by Crippen LogP contribution is -2.35. The summed E-state index contributed by atoms with van der Waals surface area (Å²) >= 11 is 1.51. The number of carbonyl (C=O) groups is 2. The molecule has 0 aliphatic rings. The van der Waals surface area contributed by atoms with Gasteiger partial charge in [-0.2, -0.15) is 0 Å². The van der Waals surface area contributed by atoms with Crippen molar-refractivity contribution >= 4 is 39.1 Å². The number of aryl methyl sites for hydroxylation is 3. The first-order valence-corrected chi connectivity index (χ1v) is 10.7. The van der Waals surface area contributed by atoms with Crippen molar-refractivity contribution in [1.29, 1.82) is 0 Å². The van der Waals surface area contributed by atoms with Gasteiger partial charge >= 0.3 is 0 Å². The standard InChI is InChI=1S/C24H23N3O3S/c1-14-11-15(2)22(16(3)12-14)26-21(28)13-27(4)24(29)19-10-9-18(30-19)23-25-17-7-5-6-8-20(17)31-23/h5-12H,13H2,1-4H3,(H,26,28). The van der Waals surface area contributed by atoms with Gasteiger partial charge in [-0.05, 0) is 56.2 Å². The summed E-state index contributed by atoms with van der Waals surface area (Å²) in [7, 11) is 1.58. The number of furan rings is 1. The van der Waals surface area contributed by atoms with Crippen molar-refractivity contribution in [2.45, 2.75) is 20.8 Å². The largest absolute Gasteiger partial charge is 0.448 e. The fourth-order valence-electron chi connectivity index (χ4n) is 3.58. The van der Waals surface area contributed by atoms with Crippen LogP contribution >= 0.6 is 11.3 Å². The number of hydrogen-bond donors (Lipinski definition) is 1. The van der Waals surface area contributed by atoms with E-state index in [0.29, 0.717) is 10.8 Å². The third-order valence-corrected chi connectivity index (χ3v) is 6.04. The van der Waals surface area contributed by atoms with Gasteiger partial charge in [-0.25, -0.2) is 4.98 Å². The van der Waals surface area contributed by atoms with Crippen LogP contribution < -0.4 is 5.32 Å². The van der Waals surface area contributed by atoms with E-state index in [0.717, 1.165) is 32.6 Å². The predicted molar refractivity (Wildman–Crippen MR) is 124 cm³/mol. The van der Waals surface area contributed by atoms with E-state index in [1.807, 2.05) is 57.2 Å². The Kier molecular flexibility index (Phi) is 5.61. The van der Waals surface area contributed by atoms with E-state index in [1.165, 1.54) is 16.2 Å². The first kappa shape index (κ1) is 20.8. The SMILES string of the molecule is Cc1cc(C)c(NC(=O)CN(C)C(=O)c2ccc(-c3nc4ccccc4s3)o2)c(C)c1. The Hall–Kier alpha value is -3.45. The molecule has 0 aliphatic carbocycles. The number of anilines is 1. The highest BCUT2D eigenvalue weighted by Crippen LogP contribution is 2.31. The number of hydrogen-bond acceptors (Lipinski definition) is 5. The monoisotopic (exact) mass is 433 g/mol. The maximum atomic E-state index is 12.8. The van der Waals surface area contributed by atoms with Crippen molar-refractivity contribution in [2.75, 3.05) is 18.9 Å². The van der Waals surface area contributed by atoms with Crippen LogP contribution in [0.3, 0.4) is 0 Å². The minimum Gasteiger partial charge on any atom is -0.448 e. The summed E-state index contributed by atoms with van der Waals surface area (Å²) in [6.45, 7) is 5.85. The molecule has 0 bridgehead atoms. The maximum absolute atomic E-state index is 12.8. The van der Waals surface area contributed by atoms with Crippen molar-refractivity contribution in [3.63, 3.8) is 0 Å². The van der Waals surface area contributed by atoms with Crippen LogP contribution in [-0.2, 0) is 4.79 Å². The molecule has 1 N–H and O–H groups in total. The first-order chi connectivity index (χ1) is 14.8. The van der Waals surface area contributed by atoms with Gasteiger partial charge in [-0.3, -0.25) is 9.59 Å². The Bertz CT molecular complexity index is 1230. The van der Waals surface area contributed by atoms with E-state index in [1.54, 1.807) is 19.2 Å². The number of thiazole rings is 1. The van der Waals surface area contributed by atoms with Crippen LogP contribution in [0.15, 0.2) is 52.9 Å². The van der Waals surface area contributed by atoms with E-state index in [2.05, 4.69) is 10.3 Å². The number of para-hydroxylation sites is 1. The summed E-state index contributed by atoms with van der Waals surface area (Å²) < 4.78 is 6.81. The van der Waals surface area contributed by atoms with Gasteiger partial charge < -0.3 is 14.6 Å². The summed E-state index contributed by atoms with van der Waals surface area (Å²) in [5.74, 6) is 0.0873. The van der Waals surface area contributed by atoms with Crippen LogP contribution in [-0.4, -0.2) is 35.3 Å². The third-order valence-electron chi connectivity index (χ3n) is 4.99. The molecule has 2 aromatic carbocycles. The number of likely N-dealkylation sites (N-methyl/N-ethyl adjacent to an activating group) is 1. The number of aromatic nitrogens is 1. The van der Waals surface area contributed by atoms with E-state index < -0.39 is 0 Å². The maximum Gasteiger partial charge on any atom is 0.289 e. The van der Waals surface area contributed by atoms with Crippen LogP contribution in [0.25, 0.3) is 21.0 Å². The molecule has 0 saturated carbocycles. The summed E-state index contributed by atoms with van der Waals surface area (Å²) in [5.41, 5.74) is 4.80. The summed E-state index contributed by atoms with van der Waals surface area (Å²) in [5, 5.41) is 3.63. The van der Waals surface area contributed by atoms with Gasteiger partial charge in [-0.1, -0.05) is 29.8 Å². The Morgan fingerprint density at radius 3 is 2.48 bits per heavy atom. The summed E-state index contributed by atoms with van der Waals surface area (Å²) in [4.78, 5) is 31.2. The molecule has 0 atom stereocenters. The molecule has 0 unspecified atom stereocenters. The quantitative estimate of drug-likeness (QED) is 0.470. The van der Waals surface area contributed by atoms with E-state index in [9.17, 15) is 9.59 Å². The Balaban J connectivity index is 1.44. The second-order valence-electron chi connectivity index (χ2n) is 7.63. The van der Waals surface area contributed by atoms with Crippen molar-refractivity contribution in [2.24, 2.45) is 0 Å². The van der Waals surface area contributed by atoms with E-state index in [4.69, 9.17) is 4.42 Å². The summed E-state index contributed by atoms with van der Waals surface area (Å²) in [6, 6.07) is 15.2. The van der Waals surface area contributed by atoms with Gasteiger partial charge in [0.05, 0.1) is 16.8 Å². The Labute approximate surface area is 184 Å². The molecule has 0 spiro atoms. The lowest BCUT2D eigenvalue weighted by atomic mass is 10.1. The predicted octanol–water partition coefficient (Wildman–Crippen LogP) is 5.19. The van der Waals surface area contributed by atoms with Crippen LogP contribution in [0.2, 0.25) is 0 Å². The highest BCUT2D eigenvalue weighted by atomic mass is 32.1. The Morgan fingerprint density at radius 1 is 1.06 bits per heavy atom. The molecule has 0 fully saturated rings. The molecule has 158 valence electrons. The number of fused-ring (bicyclic) bond motifs is 1. The molecule has 2 heterocycles. The normalized spacial score (nSPS) is 11.0. The zero-order valence-corrected chi connectivity index (χ0v) is 18.7. The summed E-state index contributed by atoms with van der Waals surface area (Å²) in [6.07, 6.45) is 0. The minimum atomic E-state index is -0.361. The highest BCUT2D eigenvalue weighted by molar-refractivity contribution is 7.21. The third kappa shape index (κ3) is 4.36. The molecule has 7 heteroatoms. The zero-order chi connectivity index (χ0) is 22.1. The fourth-order valence-corrected chi connectivity index (χ4v) is 4.50. The van der Waals surface area contributed by atoms with Gasteiger partial charge in [-0.15, -0.1) is 11.3 Å². The average molecular weight is 434 g/mol. The highest BCUT2D eigenvalue weighted by Gasteiger charge is 2.20. The van der Waals surface area contributed by atoms with Gasteiger partial charge in [0.15, 0.2) is 16.5 Å². The number of nitrogens with zero attached hydrogens (tertiary/aromatic N) is 2.